The summed E-state index contributed by atoms with van der Waals surface area (Å²) in [5.41, 5.74) is 12.9. The topological polar surface area (TPSA) is 21.3 Å². The number of fused-ring (bicyclic) bond motifs is 6. The fourth-order valence-electron chi connectivity index (χ4n) is 7.74. The van der Waals surface area contributed by atoms with Crippen molar-refractivity contribution in [3.8, 4) is 27.9 Å². The number of nitrogens with zero attached hydrogens (tertiary/aromatic N) is 2. The summed E-state index contributed by atoms with van der Waals surface area (Å²) in [5, 5.41) is 4.63. The maximum absolute atomic E-state index is 6.69. The van der Waals surface area contributed by atoms with E-state index in [1.165, 1.54) is 21.9 Å². The number of hydrogen-bond acceptors (Lipinski definition) is 2. The molecule has 0 saturated carbocycles. The average Bonchev–Trinajstić information content (AvgIpc) is 3.76. The first-order valence-corrected chi connectivity index (χ1v) is 17.4. The molecule has 0 aliphatic rings. The van der Waals surface area contributed by atoms with Gasteiger partial charge in [0.15, 0.2) is 0 Å². The molecule has 0 spiro atoms. The minimum atomic E-state index is 0.886. The van der Waals surface area contributed by atoms with Crippen molar-refractivity contribution in [3.63, 3.8) is 0 Å². The molecular formula is C48H32N2O. The lowest BCUT2D eigenvalue weighted by Crippen LogP contribution is -2.12. The van der Waals surface area contributed by atoms with Crippen molar-refractivity contribution in [1.82, 2.24) is 4.57 Å². The van der Waals surface area contributed by atoms with E-state index in [-0.39, 0.29) is 0 Å². The highest BCUT2D eigenvalue weighted by atomic mass is 16.3. The van der Waals surface area contributed by atoms with Gasteiger partial charge >= 0.3 is 0 Å². The number of hydrogen-bond donors (Lipinski definition) is 0. The van der Waals surface area contributed by atoms with Crippen LogP contribution in [-0.2, 0) is 0 Å². The predicted octanol–water partition coefficient (Wildman–Crippen LogP) is 13.5. The molecule has 10 aromatic rings. The minimum Gasteiger partial charge on any atom is -0.455 e. The van der Waals surface area contributed by atoms with E-state index < -0.39 is 0 Å². The molecule has 0 fully saturated rings. The summed E-state index contributed by atoms with van der Waals surface area (Å²) in [4.78, 5) is 2.43. The number of benzene rings is 8. The van der Waals surface area contributed by atoms with Gasteiger partial charge in [-0.3, -0.25) is 0 Å². The molecule has 0 aliphatic carbocycles. The van der Waals surface area contributed by atoms with Gasteiger partial charge in [-0.25, -0.2) is 0 Å². The third kappa shape index (κ3) is 4.74. The highest BCUT2D eigenvalue weighted by Crippen LogP contribution is 2.48. The third-order valence-corrected chi connectivity index (χ3v) is 9.98. The molecule has 0 aliphatic heterocycles. The average molecular weight is 653 g/mol. The van der Waals surface area contributed by atoms with E-state index in [0.717, 1.165) is 66.9 Å². The van der Waals surface area contributed by atoms with Crippen LogP contribution in [0.2, 0.25) is 0 Å². The Morgan fingerprint density at radius 2 is 1.06 bits per heavy atom. The molecule has 0 amide bonds. The standard InChI is InChI=1S/C48H32N2O/c1-4-16-33(17-5-1)34-30-31-43(41(32-34)39-25-14-24-38-37-22-11-13-29-46(37)51-48(38)39)50(36-20-8-3-9-21-36)45-28-15-27-44-47(45)40-23-10-12-26-42(40)49(44)35-18-6-2-7-19-35/h1-32H. The van der Waals surface area contributed by atoms with Crippen LogP contribution in [0.25, 0.3) is 71.7 Å². The molecule has 0 atom stereocenters. The number of aromatic nitrogens is 1. The summed E-state index contributed by atoms with van der Waals surface area (Å²) >= 11 is 0. The molecule has 3 heteroatoms. The summed E-state index contributed by atoms with van der Waals surface area (Å²) in [5.74, 6) is 0. The number of furan rings is 1. The van der Waals surface area contributed by atoms with Gasteiger partial charge < -0.3 is 13.9 Å². The molecule has 0 radical (unpaired) electrons. The van der Waals surface area contributed by atoms with Crippen LogP contribution in [0.15, 0.2) is 199 Å². The lowest BCUT2D eigenvalue weighted by Gasteiger charge is -2.29. The van der Waals surface area contributed by atoms with Crippen molar-refractivity contribution >= 4 is 60.8 Å². The zero-order valence-electron chi connectivity index (χ0n) is 27.8. The smallest absolute Gasteiger partial charge is 0.143 e. The van der Waals surface area contributed by atoms with Gasteiger partial charge in [0.25, 0.3) is 0 Å². The Bertz CT molecular complexity index is 2850. The number of rotatable bonds is 6. The molecule has 10 rings (SSSR count). The molecular weight excluding hydrogens is 621 g/mol. The summed E-state index contributed by atoms with van der Waals surface area (Å²) in [6, 6.07) is 69.1. The van der Waals surface area contributed by atoms with Crippen molar-refractivity contribution in [3.05, 3.63) is 194 Å². The number of anilines is 3. The first kappa shape index (κ1) is 29.1. The Morgan fingerprint density at radius 1 is 0.412 bits per heavy atom. The van der Waals surface area contributed by atoms with Gasteiger partial charge in [0.05, 0.1) is 22.4 Å². The largest absolute Gasteiger partial charge is 0.455 e. The first-order valence-electron chi connectivity index (χ1n) is 17.4. The second-order valence-electron chi connectivity index (χ2n) is 12.9. The van der Waals surface area contributed by atoms with Crippen LogP contribution >= 0.6 is 0 Å². The van der Waals surface area contributed by atoms with Gasteiger partial charge in [0.2, 0.25) is 0 Å². The SMILES string of the molecule is c1ccc(-c2ccc(N(c3ccccc3)c3cccc4c3c3ccccc3n4-c3ccccc3)c(-c3cccc4c3oc3ccccc34)c2)cc1. The molecule has 51 heavy (non-hydrogen) atoms. The second-order valence-corrected chi connectivity index (χ2v) is 12.9. The Labute approximate surface area is 295 Å². The van der Waals surface area contributed by atoms with E-state index in [2.05, 4.69) is 198 Å². The van der Waals surface area contributed by atoms with Crippen molar-refractivity contribution in [2.75, 3.05) is 4.90 Å². The van der Waals surface area contributed by atoms with Crippen molar-refractivity contribution in [2.45, 2.75) is 0 Å². The Hall–Kier alpha value is -6.84. The molecule has 2 heterocycles. The zero-order valence-corrected chi connectivity index (χ0v) is 27.8. The molecule has 0 N–H and O–H groups in total. The van der Waals surface area contributed by atoms with Crippen LogP contribution in [-0.4, -0.2) is 4.57 Å². The fraction of sp³-hybridized carbons (Fsp3) is 0. The third-order valence-electron chi connectivity index (χ3n) is 9.98. The Morgan fingerprint density at radius 3 is 1.88 bits per heavy atom. The van der Waals surface area contributed by atoms with Gasteiger partial charge in [0, 0.05) is 44.0 Å². The van der Waals surface area contributed by atoms with Crippen molar-refractivity contribution in [2.24, 2.45) is 0 Å². The van der Waals surface area contributed by atoms with Crippen LogP contribution in [0.1, 0.15) is 0 Å². The van der Waals surface area contributed by atoms with Gasteiger partial charge in [-0.1, -0.05) is 133 Å². The molecule has 8 aromatic carbocycles. The molecule has 240 valence electrons. The van der Waals surface area contributed by atoms with Crippen molar-refractivity contribution in [1.29, 1.82) is 0 Å². The van der Waals surface area contributed by atoms with E-state index in [4.69, 9.17) is 4.42 Å². The van der Waals surface area contributed by atoms with E-state index in [1.807, 2.05) is 6.07 Å². The first-order chi connectivity index (χ1) is 25.3. The Balaban J connectivity index is 1.31. The highest BCUT2D eigenvalue weighted by molar-refractivity contribution is 6.17. The second kappa shape index (κ2) is 11.9. The lowest BCUT2D eigenvalue weighted by molar-refractivity contribution is 0.670. The predicted molar refractivity (Wildman–Crippen MR) is 214 cm³/mol. The number of para-hydroxylation sites is 5. The van der Waals surface area contributed by atoms with Gasteiger partial charge in [-0.15, -0.1) is 0 Å². The van der Waals surface area contributed by atoms with E-state index in [9.17, 15) is 0 Å². The van der Waals surface area contributed by atoms with E-state index in [1.54, 1.807) is 0 Å². The molecule has 3 nitrogen and oxygen atoms in total. The molecule has 0 bridgehead atoms. The van der Waals surface area contributed by atoms with Crippen LogP contribution in [0, 0.1) is 0 Å². The van der Waals surface area contributed by atoms with Gasteiger partial charge in [0.1, 0.15) is 11.2 Å². The van der Waals surface area contributed by atoms with Gasteiger partial charge in [-0.2, -0.15) is 0 Å². The maximum atomic E-state index is 6.69. The Kier molecular flexibility index (Phi) is 6.81. The van der Waals surface area contributed by atoms with Crippen LogP contribution < -0.4 is 4.90 Å². The van der Waals surface area contributed by atoms with E-state index >= 15 is 0 Å². The summed E-state index contributed by atoms with van der Waals surface area (Å²) in [6.45, 7) is 0. The van der Waals surface area contributed by atoms with Crippen molar-refractivity contribution < 1.29 is 4.42 Å². The molecule has 2 aromatic heterocycles. The minimum absolute atomic E-state index is 0.886. The molecule has 0 unspecified atom stereocenters. The summed E-state index contributed by atoms with van der Waals surface area (Å²) in [6.07, 6.45) is 0. The van der Waals surface area contributed by atoms with E-state index in [0.29, 0.717) is 0 Å². The highest BCUT2D eigenvalue weighted by Gasteiger charge is 2.24. The summed E-state index contributed by atoms with van der Waals surface area (Å²) < 4.78 is 9.07. The monoisotopic (exact) mass is 652 g/mol. The normalized spacial score (nSPS) is 11.5. The lowest BCUT2D eigenvalue weighted by atomic mass is 9.94. The maximum Gasteiger partial charge on any atom is 0.143 e. The fourth-order valence-corrected chi connectivity index (χ4v) is 7.74. The zero-order chi connectivity index (χ0) is 33.7. The quantitative estimate of drug-likeness (QED) is 0.178. The van der Waals surface area contributed by atoms with Gasteiger partial charge in [-0.05, 0) is 71.8 Å². The molecule has 0 saturated heterocycles. The summed E-state index contributed by atoms with van der Waals surface area (Å²) in [7, 11) is 0. The van der Waals surface area contributed by atoms with Crippen LogP contribution in [0.3, 0.4) is 0 Å². The van der Waals surface area contributed by atoms with Crippen LogP contribution in [0.4, 0.5) is 17.1 Å². The van der Waals surface area contributed by atoms with Crippen LogP contribution in [0.5, 0.6) is 0 Å².